The fourth-order valence-electron chi connectivity index (χ4n) is 1.97. The van der Waals surface area contributed by atoms with Gasteiger partial charge in [-0.3, -0.25) is 10.1 Å². The lowest BCUT2D eigenvalue weighted by molar-refractivity contribution is -0.120. The van der Waals surface area contributed by atoms with Crippen LogP contribution in [0.15, 0.2) is 0 Å². The van der Waals surface area contributed by atoms with Crippen LogP contribution in [0, 0.1) is 5.41 Å². The summed E-state index contributed by atoms with van der Waals surface area (Å²) in [6.45, 7) is 5.99. The Bertz CT molecular complexity index is 487. The second-order valence-corrected chi connectivity index (χ2v) is 7.62. The lowest BCUT2D eigenvalue weighted by Crippen LogP contribution is -2.25. The average molecular weight is 322 g/mol. The van der Waals surface area contributed by atoms with E-state index in [1.54, 1.807) is 6.92 Å². The Morgan fingerprint density at radius 2 is 2.00 bits per heavy atom. The number of hydrogen-bond acceptors (Lipinski definition) is 4. The molecule has 4 nitrogen and oxygen atoms in total. The van der Waals surface area contributed by atoms with Crippen molar-refractivity contribution in [3.63, 3.8) is 0 Å². The normalized spacial score (nSPS) is 24.5. The fraction of sp³-hybridized carbons (Fsp3) is 0.750. The van der Waals surface area contributed by atoms with E-state index in [1.165, 1.54) is 11.3 Å². The van der Waals surface area contributed by atoms with E-state index in [-0.39, 0.29) is 5.91 Å². The van der Waals surface area contributed by atoms with Gasteiger partial charge in [0.2, 0.25) is 11.0 Å². The quantitative estimate of drug-likeness (QED) is 0.835. The Hall–Kier alpha value is -0.390. The summed E-state index contributed by atoms with van der Waals surface area (Å²) in [7, 11) is 0. The molecule has 0 saturated heterocycles. The molecule has 1 aliphatic rings. The Morgan fingerprint density at radius 1 is 1.42 bits per heavy atom. The molecule has 0 bridgehead atoms. The summed E-state index contributed by atoms with van der Waals surface area (Å²) in [5.41, 5.74) is -0.725. The molecule has 1 unspecified atom stereocenters. The number of anilines is 1. The molecule has 1 amide bonds. The van der Waals surface area contributed by atoms with Gasteiger partial charge in [-0.2, -0.15) is 0 Å². The summed E-state index contributed by atoms with van der Waals surface area (Å²) in [6, 6.07) is 0. The number of hydrogen-bond donors (Lipinski definition) is 1. The van der Waals surface area contributed by atoms with Gasteiger partial charge in [-0.15, -0.1) is 33.4 Å². The van der Waals surface area contributed by atoms with Crippen LogP contribution in [-0.2, 0) is 4.79 Å². The second kappa shape index (κ2) is 5.19. The highest BCUT2D eigenvalue weighted by molar-refractivity contribution is 7.15. The van der Waals surface area contributed by atoms with Crippen molar-refractivity contribution in [3.05, 3.63) is 5.01 Å². The third-order valence-electron chi connectivity index (χ3n) is 3.75. The van der Waals surface area contributed by atoms with E-state index in [2.05, 4.69) is 29.4 Å². The highest BCUT2D eigenvalue weighted by atomic mass is 35.5. The molecular formula is C12H17Cl2N3OS. The van der Waals surface area contributed by atoms with Crippen LogP contribution in [0.2, 0.25) is 0 Å². The molecule has 1 aromatic rings. The molecule has 0 aliphatic heterocycles. The predicted molar refractivity (Wildman–Crippen MR) is 79.0 cm³/mol. The van der Waals surface area contributed by atoms with Crippen LogP contribution in [0.25, 0.3) is 0 Å². The van der Waals surface area contributed by atoms with Gasteiger partial charge >= 0.3 is 0 Å². The minimum atomic E-state index is -0.958. The van der Waals surface area contributed by atoms with E-state index >= 15 is 0 Å². The number of halogens is 2. The van der Waals surface area contributed by atoms with Crippen molar-refractivity contribution in [3.8, 4) is 0 Å². The van der Waals surface area contributed by atoms with E-state index in [1.807, 2.05) is 0 Å². The lowest BCUT2D eigenvalue weighted by Gasteiger charge is -2.10. The summed E-state index contributed by atoms with van der Waals surface area (Å²) < 4.78 is -0.958. The average Bonchev–Trinajstić information content (AvgIpc) is 2.71. The van der Waals surface area contributed by atoms with Crippen LogP contribution in [0.1, 0.15) is 51.0 Å². The SMILES string of the molecule is CCC(CC)c1nnc(NC(=O)C2(C)CC2(Cl)Cl)s1. The summed E-state index contributed by atoms with van der Waals surface area (Å²) >= 11 is 13.4. The Kier molecular flexibility index (Phi) is 4.10. The van der Waals surface area contributed by atoms with Crippen molar-refractivity contribution in [2.75, 3.05) is 5.32 Å². The van der Waals surface area contributed by atoms with Crippen molar-refractivity contribution < 1.29 is 4.79 Å². The molecular weight excluding hydrogens is 305 g/mol. The van der Waals surface area contributed by atoms with Crippen molar-refractivity contribution in [2.24, 2.45) is 5.41 Å². The van der Waals surface area contributed by atoms with Crippen LogP contribution in [0.4, 0.5) is 5.13 Å². The number of carbonyl (C=O) groups excluding carboxylic acids is 1. The number of rotatable bonds is 5. The summed E-state index contributed by atoms with van der Waals surface area (Å²) in [6.07, 6.45) is 2.50. The first-order valence-electron chi connectivity index (χ1n) is 6.36. The van der Waals surface area contributed by atoms with Gasteiger partial charge in [-0.05, 0) is 26.2 Å². The topological polar surface area (TPSA) is 54.9 Å². The van der Waals surface area contributed by atoms with Gasteiger partial charge in [0.25, 0.3) is 0 Å². The molecule has 7 heteroatoms. The summed E-state index contributed by atoms with van der Waals surface area (Å²) in [4.78, 5) is 12.1. The minimum Gasteiger partial charge on any atom is -0.300 e. The Labute approximate surface area is 126 Å². The predicted octanol–water partition coefficient (Wildman–Crippen LogP) is 3.96. The lowest BCUT2D eigenvalue weighted by atomic mass is 10.1. The maximum atomic E-state index is 12.1. The zero-order chi connectivity index (χ0) is 14.3. The Balaban J connectivity index is 2.03. The monoisotopic (exact) mass is 321 g/mol. The number of alkyl halides is 2. The molecule has 1 N–H and O–H groups in total. The number of nitrogens with one attached hydrogen (secondary N) is 1. The molecule has 2 rings (SSSR count). The van der Waals surface area contributed by atoms with Crippen LogP contribution in [0.5, 0.6) is 0 Å². The molecule has 1 heterocycles. The molecule has 0 aromatic carbocycles. The van der Waals surface area contributed by atoms with E-state index < -0.39 is 9.75 Å². The number of carbonyl (C=O) groups is 1. The minimum absolute atomic E-state index is 0.190. The third-order valence-corrected chi connectivity index (χ3v) is 5.86. The van der Waals surface area contributed by atoms with Gasteiger partial charge in [0.15, 0.2) is 0 Å². The molecule has 0 radical (unpaired) electrons. The van der Waals surface area contributed by atoms with E-state index in [0.717, 1.165) is 17.8 Å². The maximum Gasteiger partial charge on any atom is 0.235 e. The molecule has 19 heavy (non-hydrogen) atoms. The molecule has 1 aromatic heterocycles. The zero-order valence-corrected chi connectivity index (χ0v) is 13.5. The standard InChI is InChI=1S/C12H17Cl2N3OS/c1-4-7(5-2)8-16-17-10(19-8)15-9(18)11(3)6-12(11,13)14/h7H,4-6H2,1-3H3,(H,15,17,18). The van der Waals surface area contributed by atoms with Gasteiger partial charge < -0.3 is 0 Å². The molecule has 1 fully saturated rings. The van der Waals surface area contributed by atoms with Crippen molar-refractivity contribution >= 4 is 45.6 Å². The fourth-order valence-corrected chi connectivity index (χ4v) is 3.68. The second-order valence-electron chi connectivity index (χ2n) is 5.13. The van der Waals surface area contributed by atoms with Crippen LogP contribution in [-0.4, -0.2) is 20.4 Å². The first-order valence-corrected chi connectivity index (χ1v) is 7.94. The van der Waals surface area contributed by atoms with Crippen molar-refractivity contribution in [1.29, 1.82) is 0 Å². The highest BCUT2D eigenvalue weighted by Gasteiger charge is 2.68. The zero-order valence-electron chi connectivity index (χ0n) is 11.2. The third kappa shape index (κ3) is 2.73. The van der Waals surface area contributed by atoms with Crippen LogP contribution >= 0.6 is 34.5 Å². The van der Waals surface area contributed by atoms with Gasteiger partial charge in [0, 0.05) is 5.92 Å². The van der Waals surface area contributed by atoms with Crippen molar-refractivity contribution in [2.45, 2.75) is 50.3 Å². The summed E-state index contributed by atoms with van der Waals surface area (Å²) in [5, 5.41) is 12.4. The van der Waals surface area contributed by atoms with E-state index in [0.29, 0.717) is 17.5 Å². The van der Waals surface area contributed by atoms with Gasteiger partial charge in [0.1, 0.15) is 9.34 Å². The van der Waals surface area contributed by atoms with Gasteiger partial charge in [-0.25, -0.2) is 0 Å². The van der Waals surface area contributed by atoms with E-state index in [9.17, 15) is 4.79 Å². The summed E-state index contributed by atoms with van der Waals surface area (Å²) in [5.74, 6) is 0.213. The maximum absolute atomic E-state index is 12.1. The van der Waals surface area contributed by atoms with Crippen molar-refractivity contribution in [1.82, 2.24) is 10.2 Å². The number of amides is 1. The molecule has 1 saturated carbocycles. The highest BCUT2D eigenvalue weighted by Crippen LogP contribution is 2.64. The molecule has 1 atom stereocenters. The smallest absolute Gasteiger partial charge is 0.235 e. The molecule has 0 spiro atoms. The largest absolute Gasteiger partial charge is 0.300 e. The Morgan fingerprint density at radius 3 is 2.47 bits per heavy atom. The number of aromatic nitrogens is 2. The first-order chi connectivity index (χ1) is 8.84. The van der Waals surface area contributed by atoms with Crippen LogP contribution in [0.3, 0.4) is 0 Å². The first kappa shape index (κ1) is 15.0. The van der Waals surface area contributed by atoms with Crippen LogP contribution < -0.4 is 5.32 Å². The number of nitrogens with zero attached hydrogens (tertiary/aromatic N) is 2. The molecule has 1 aliphatic carbocycles. The van der Waals surface area contributed by atoms with Gasteiger partial charge in [0.05, 0.1) is 5.41 Å². The molecule has 106 valence electrons. The van der Waals surface area contributed by atoms with Gasteiger partial charge in [-0.1, -0.05) is 25.2 Å². The van der Waals surface area contributed by atoms with E-state index in [4.69, 9.17) is 23.2 Å².